The Hall–Kier alpha value is -7.35. The smallest absolute Gasteiger partial charge is 0.407 e. The average Bonchev–Trinajstić information content (AvgIpc) is 1.33. The second-order valence-electron chi connectivity index (χ2n) is 22.5. The molecule has 2 heterocycles. The van der Waals surface area contributed by atoms with E-state index in [0.717, 1.165) is 0 Å². The molecule has 10 atom stereocenters. The number of rotatable bonds is 23. The van der Waals surface area contributed by atoms with Crippen LogP contribution in [-0.4, -0.2) is 164 Å². The summed E-state index contributed by atoms with van der Waals surface area (Å²) in [5.74, 6) is -8.09. The van der Waals surface area contributed by atoms with Crippen LogP contribution in [0.5, 0.6) is 11.5 Å². The Balaban J connectivity index is 0.995. The number of ketones is 3. The number of hydrogen-bond donors (Lipinski definition) is 12. The SMILES string of the molecule is CC(=O)N1CCCC1C(=O)N[C@@H](CCCCN)C(=O)N[C@H](C(=O)N[C@@H](CCCCN)C(=O)Nc1ccc(COC(=O)N[C@H]2CC([C@H]3C[C@](O)(C(=O)CO)Cc4c(O)c5c(c(O)c43)C(=O)c3c(C)cccc3C5=O)O[C@@H](C)[C@H]2O)cc1)C(C)C. The molecule has 24 heteroatoms. The number of amides is 6. The molecular weight excluding hydrogens is 1080 g/mol. The van der Waals surface area contributed by atoms with Crippen molar-refractivity contribution in [3.05, 3.63) is 87.0 Å². The zero-order valence-corrected chi connectivity index (χ0v) is 47.5. The third kappa shape index (κ3) is 14.0. The van der Waals surface area contributed by atoms with E-state index in [4.69, 9.17) is 20.9 Å². The molecule has 14 N–H and O–H groups in total. The number of aliphatic hydroxyl groups is 3. The van der Waals surface area contributed by atoms with E-state index >= 15 is 0 Å². The highest BCUT2D eigenvalue weighted by Crippen LogP contribution is 2.53. The van der Waals surface area contributed by atoms with Crippen molar-refractivity contribution in [1.29, 1.82) is 0 Å². The number of alkyl carbamates (subject to hydrolysis) is 1. The molecular formula is C59H78N8O16. The Morgan fingerprint density at radius 1 is 0.843 bits per heavy atom. The van der Waals surface area contributed by atoms with Gasteiger partial charge in [-0.2, -0.15) is 0 Å². The number of nitrogens with two attached hydrogens (primary N) is 2. The highest BCUT2D eigenvalue weighted by molar-refractivity contribution is 6.31. The molecule has 0 spiro atoms. The molecule has 450 valence electrons. The van der Waals surface area contributed by atoms with Crippen LogP contribution in [0.4, 0.5) is 10.5 Å². The van der Waals surface area contributed by atoms with E-state index in [1.165, 1.54) is 24.8 Å². The number of aliphatic hydroxyl groups excluding tert-OH is 2. The molecule has 3 aromatic rings. The number of ether oxygens (including phenoxy) is 2. The van der Waals surface area contributed by atoms with Gasteiger partial charge in [0, 0.05) is 53.7 Å². The number of hydrogen-bond acceptors (Lipinski definition) is 18. The number of likely N-dealkylation sites (tertiary alicyclic amines) is 1. The third-order valence-corrected chi connectivity index (χ3v) is 16.3. The summed E-state index contributed by atoms with van der Waals surface area (Å²) in [5.41, 5.74) is 9.15. The van der Waals surface area contributed by atoms with Gasteiger partial charge in [-0.1, -0.05) is 44.2 Å². The quantitative estimate of drug-likeness (QED) is 0.0371. The molecule has 7 rings (SSSR count). The number of phenols is 2. The van der Waals surface area contributed by atoms with E-state index in [1.54, 1.807) is 57.2 Å². The number of phenolic OH excluding ortho intramolecular Hbond substituents is 2. The lowest BCUT2D eigenvalue weighted by Gasteiger charge is -2.46. The molecule has 0 bridgehead atoms. The second kappa shape index (κ2) is 27.4. The van der Waals surface area contributed by atoms with Crippen LogP contribution in [0.25, 0.3) is 0 Å². The van der Waals surface area contributed by atoms with Crippen molar-refractivity contribution >= 4 is 58.7 Å². The minimum Gasteiger partial charge on any atom is -0.507 e. The van der Waals surface area contributed by atoms with Crippen LogP contribution >= 0.6 is 0 Å². The van der Waals surface area contributed by atoms with Gasteiger partial charge >= 0.3 is 6.09 Å². The van der Waals surface area contributed by atoms with Crippen LogP contribution in [0.15, 0.2) is 42.5 Å². The van der Waals surface area contributed by atoms with Crippen molar-refractivity contribution in [1.82, 2.24) is 26.2 Å². The predicted molar refractivity (Wildman–Crippen MR) is 300 cm³/mol. The first-order chi connectivity index (χ1) is 39.4. The Morgan fingerprint density at radius 2 is 1.49 bits per heavy atom. The summed E-state index contributed by atoms with van der Waals surface area (Å²) < 4.78 is 11.8. The van der Waals surface area contributed by atoms with Crippen molar-refractivity contribution in [2.45, 2.75) is 172 Å². The fourth-order valence-electron chi connectivity index (χ4n) is 11.8. The number of nitrogens with one attached hydrogen (secondary N) is 5. The van der Waals surface area contributed by atoms with Crippen LogP contribution in [0.2, 0.25) is 0 Å². The highest BCUT2D eigenvalue weighted by atomic mass is 16.5. The van der Waals surface area contributed by atoms with Gasteiger partial charge in [-0.25, -0.2) is 4.79 Å². The molecule has 2 fully saturated rings. The van der Waals surface area contributed by atoms with Crippen LogP contribution in [0.1, 0.15) is 152 Å². The monoisotopic (exact) mass is 1150 g/mol. The number of aromatic hydroxyl groups is 2. The highest BCUT2D eigenvalue weighted by Gasteiger charge is 2.52. The summed E-state index contributed by atoms with van der Waals surface area (Å²) in [5, 5.41) is 70.7. The van der Waals surface area contributed by atoms with Gasteiger partial charge < -0.3 is 78.0 Å². The maximum Gasteiger partial charge on any atom is 0.407 e. The molecule has 4 aliphatic rings. The minimum absolute atomic E-state index is 0.00754. The molecule has 24 nitrogen and oxygen atoms in total. The fraction of sp³-hybridized carbons (Fsp3) is 0.542. The van der Waals surface area contributed by atoms with Crippen LogP contribution in [-0.2, 0) is 51.3 Å². The molecule has 2 unspecified atom stereocenters. The van der Waals surface area contributed by atoms with Crippen molar-refractivity contribution in [2.24, 2.45) is 17.4 Å². The number of unbranched alkanes of at least 4 members (excludes halogenated alkanes) is 2. The van der Waals surface area contributed by atoms with E-state index in [1.807, 2.05) is 0 Å². The summed E-state index contributed by atoms with van der Waals surface area (Å²) in [4.78, 5) is 123. The molecule has 0 aromatic heterocycles. The van der Waals surface area contributed by atoms with Crippen LogP contribution in [0.3, 0.4) is 0 Å². The summed E-state index contributed by atoms with van der Waals surface area (Å²) in [6.07, 6.45) is -2.14. The van der Waals surface area contributed by atoms with Gasteiger partial charge in [0.2, 0.25) is 29.5 Å². The normalized spacial score (nSPS) is 23.0. The topological polar surface area (TPSA) is 389 Å². The lowest BCUT2D eigenvalue weighted by atomic mass is 9.66. The van der Waals surface area contributed by atoms with Gasteiger partial charge in [-0.15, -0.1) is 0 Å². The zero-order chi connectivity index (χ0) is 60.6. The molecule has 6 amide bonds. The summed E-state index contributed by atoms with van der Waals surface area (Å²) in [7, 11) is 0. The minimum atomic E-state index is -2.35. The van der Waals surface area contributed by atoms with Gasteiger partial charge in [-0.3, -0.25) is 38.4 Å². The molecule has 2 aliphatic heterocycles. The van der Waals surface area contributed by atoms with E-state index in [9.17, 15) is 68.7 Å². The fourth-order valence-corrected chi connectivity index (χ4v) is 11.8. The molecule has 0 saturated carbocycles. The number of benzene rings is 3. The number of aryl methyl sites for hydroxylation is 1. The van der Waals surface area contributed by atoms with Crippen molar-refractivity contribution < 1.29 is 78.2 Å². The van der Waals surface area contributed by atoms with Gasteiger partial charge in [0.1, 0.15) is 60.6 Å². The van der Waals surface area contributed by atoms with Crippen molar-refractivity contribution in [3.8, 4) is 11.5 Å². The van der Waals surface area contributed by atoms with E-state index < -0.39 is 155 Å². The molecule has 2 aliphatic carbocycles. The second-order valence-corrected chi connectivity index (χ2v) is 22.5. The maximum absolute atomic E-state index is 14.1. The maximum atomic E-state index is 14.1. The predicted octanol–water partition coefficient (Wildman–Crippen LogP) is 1.66. The standard InChI is InChI=1S/C59H78N8O16/c1-29(2)48(66-55(77)39(15-7-9-22-61)63-56(78)41-16-11-23-67(41)32(5)69)57(79)64-38(14-6-8-21-60)54(76)62-34-19-17-33(18-20-34)28-82-58(80)65-40-24-42(83-31(4)49(40)71)36-25-59(81,43(70)27-68)26-37-45(36)53(75)47-46(51(37)73)50(72)35-13-10-12-30(3)44(35)52(47)74/h10,12-13,17-20,29,31,36,38-42,48-49,68,71,73,75,81H,6-9,11,14-16,21-28,60-61H2,1-5H3,(H,62,76)(H,63,78)(H,64,79)(H,65,80)(H,66,77)/t31-,36+,38-,39-,40-,41?,42?,48-,49+,59+/m0/s1. The zero-order valence-electron chi connectivity index (χ0n) is 47.5. The first-order valence-electron chi connectivity index (χ1n) is 28.4. The van der Waals surface area contributed by atoms with E-state index in [0.29, 0.717) is 75.0 Å². The van der Waals surface area contributed by atoms with Gasteiger partial charge in [-0.05, 0) is 120 Å². The lowest BCUT2D eigenvalue weighted by molar-refractivity contribution is -0.151. The Labute approximate surface area is 480 Å². The first kappa shape index (κ1) is 63.2. The van der Waals surface area contributed by atoms with Crippen molar-refractivity contribution in [3.63, 3.8) is 0 Å². The van der Waals surface area contributed by atoms with Crippen LogP contribution < -0.4 is 38.1 Å². The summed E-state index contributed by atoms with van der Waals surface area (Å²) in [6.45, 7) is 7.72. The van der Waals surface area contributed by atoms with Gasteiger partial charge in [0.05, 0.1) is 29.4 Å². The number of fused-ring (bicyclic) bond motifs is 3. The summed E-state index contributed by atoms with van der Waals surface area (Å²) >= 11 is 0. The number of nitrogens with zero attached hydrogens (tertiary/aromatic N) is 1. The number of carbonyl (C=O) groups excluding carboxylic acids is 9. The molecule has 3 aromatic carbocycles. The summed E-state index contributed by atoms with van der Waals surface area (Å²) in [6, 6.07) is 5.84. The van der Waals surface area contributed by atoms with E-state index in [-0.39, 0.29) is 54.0 Å². The third-order valence-electron chi connectivity index (χ3n) is 16.3. The van der Waals surface area contributed by atoms with E-state index in [2.05, 4.69) is 26.6 Å². The van der Waals surface area contributed by atoms with Gasteiger partial charge in [0.25, 0.3) is 0 Å². The van der Waals surface area contributed by atoms with Crippen molar-refractivity contribution in [2.75, 3.05) is 31.6 Å². The Bertz CT molecular complexity index is 2970. The molecule has 0 radical (unpaired) electrons. The number of anilines is 1. The molecule has 2 saturated heterocycles. The largest absolute Gasteiger partial charge is 0.507 e. The Morgan fingerprint density at radius 3 is 2.12 bits per heavy atom. The number of carbonyl (C=O) groups is 9. The van der Waals surface area contributed by atoms with Crippen LogP contribution in [0, 0.1) is 12.8 Å². The average molecular weight is 1160 g/mol. The molecule has 83 heavy (non-hydrogen) atoms. The first-order valence-corrected chi connectivity index (χ1v) is 28.4. The Kier molecular flexibility index (Phi) is 20.8. The number of Topliss-reactive ketones (excluding diaryl/α,β-unsaturated/α-hetero) is 1. The lowest BCUT2D eigenvalue weighted by Crippen LogP contribution is -2.59. The van der Waals surface area contributed by atoms with Gasteiger partial charge in [0.15, 0.2) is 17.3 Å².